The van der Waals surface area contributed by atoms with Crippen molar-refractivity contribution in [2.24, 2.45) is 0 Å². The number of carbonyl (C=O) groups is 2. The van der Waals surface area contributed by atoms with Crippen molar-refractivity contribution in [2.75, 3.05) is 19.8 Å². The van der Waals surface area contributed by atoms with Crippen LogP contribution in [0.25, 0.3) is 0 Å². The van der Waals surface area contributed by atoms with Gasteiger partial charge in [0.05, 0.1) is 31.2 Å². The predicted octanol–water partition coefficient (Wildman–Crippen LogP) is 2.53. The molecular weight excluding hydrogens is 306 g/mol. The van der Waals surface area contributed by atoms with Gasteiger partial charge in [0.2, 0.25) is 5.91 Å². The van der Waals surface area contributed by atoms with E-state index in [1.807, 2.05) is 35.2 Å². The molecule has 0 bridgehead atoms. The second-order valence-corrected chi connectivity index (χ2v) is 5.77. The SMILES string of the molecule is O=C(O)c1cccc(CC(=O)N2CCOCC2c2ccccc2)c1. The Labute approximate surface area is 140 Å². The number of hydrogen-bond acceptors (Lipinski definition) is 3. The molecule has 2 aromatic carbocycles. The predicted molar refractivity (Wildman–Crippen MR) is 88.8 cm³/mol. The summed E-state index contributed by atoms with van der Waals surface area (Å²) in [4.78, 5) is 25.6. The van der Waals surface area contributed by atoms with E-state index in [0.29, 0.717) is 25.3 Å². The summed E-state index contributed by atoms with van der Waals surface area (Å²) in [5.41, 5.74) is 1.95. The molecule has 5 nitrogen and oxygen atoms in total. The number of nitrogens with zero attached hydrogens (tertiary/aromatic N) is 1. The zero-order chi connectivity index (χ0) is 16.9. The fraction of sp³-hybridized carbons (Fsp3) is 0.263. The van der Waals surface area contributed by atoms with Crippen LogP contribution in [0.3, 0.4) is 0 Å². The molecule has 2 aromatic rings. The van der Waals surface area contributed by atoms with Gasteiger partial charge in [0.1, 0.15) is 0 Å². The fourth-order valence-corrected chi connectivity index (χ4v) is 2.94. The highest BCUT2D eigenvalue weighted by atomic mass is 16.5. The van der Waals surface area contributed by atoms with Crippen LogP contribution < -0.4 is 0 Å². The maximum Gasteiger partial charge on any atom is 0.335 e. The molecular formula is C19H19NO4. The summed E-state index contributed by atoms with van der Waals surface area (Å²) >= 11 is 0. The van der Waals surface area contributed by atoms with E-state index in [-0.39, 0.29) is 23.9 Å². The highest BCUT2D eigenvalue weighted by molar-refractivity contribution is 5.88. The summed E-state index contributed by atoms with van der Waals surface area (Å²) < 4.78 is 5.55. The molecule has 1 saturated heterocycles. The van der Waals surface area contributed by atoms with Crippen molar-refractivity contribution < 1.29 is 19.4 Å². The minimum absolute atomic E-state index is 0.0188. The summed E-state index contributed by atoms with van der Waals surface area (Å²) in [5, 5.41) is 9.07. The number of rotatable bonds is 4. The lowest BCUT2D eigenvalue weighted by atomic mass is 10.0. The molecule has 1 amide bonds. The Morgan fingerprint density at radius 1 is 1.12 bits per heavy atom. The highest BCUT2D eigenvalue weighted by Crippen LogP contribution is 2.25. The molecule has 24 heavy (non-hydrogen) atoms. The second kappa shape index (κ2) is 7.27. The van der Waals surface area contributed by atoms with Crippen LogP contribution in [0.15, 0.2) is 54.6 Å². The second-order valence-electron chi connectivity index (χ2n) is 5.77. The van der Waals surface area contributed by atoms with Gasteiger partial charge in [0.25, 0.3) is 0 Å². The number of morpholine rings is 1. The minimum Gasteiger partial charge on any atom is -0.478 e. The topological polar surface area (TPSA) is 66.8 Å². The van der Waals surface area contributed by atoms with Gasteiger partial charge in [0.15, 0.2) is 0 Å². The van der Waals surface area contributed by atoms with Gasteiger partial charge in [-0.3, -0.25) is 4.79 Å². The molecule has 1 fully saturated rings. The molecule has 1 aliphatic heterocycles. The van der Waals surface area contributed by atoms with Gasteiger partial charge >= 0.3 is 5.97 Å². The number of amides is 1. The third-order valence-electron chi connectivity index (χ3n) is 4.16. The highest BCUT2D eigenvalue weighted by Gasteiger charge is 2.28. The molecule has 0 aliphatic carbocycles. The number of aromatic carboxylic acids is 1. The van der Waals surface area contributed by atoms with Crippen LogP contribution in [-0.2, 0) is 16.0 Å². The molecule has 1 atom stereocenters. The summed E-state index contributed by atoms with van der Waals surface area (Å²) in [6, 6.07) is 16.2. The van der Waals surface area contributed by atoms with Crippen molar-refractivity contribution in [3.05, 3.63) is 71.3 Å². The van der Waals surface area contributed by atoms with Crippen molar-refractivity contribution in [2.45, 2.75) is 12.5 Å². The van der Waals surface area contributed by atoms with E-state index in [9.17, 15) is 9.59 Å². The Bertz CT molecular complexity index is 729. The Morgan fingerprint density at radius 2 is 1.92 bits per heavy atom. The van der Waals surface area contributed by atoms with Gasteiger partial charge in [-0.15, -0.1) is 0 Å². The summed E-state index contributed by atoms with van der Waals surface area (Å²) in [5.74, 6) is -1.01. The van der Waals surface area contributed by atoms with Crippen LogP contribution in [0, 0.1) is 0 Å². The first-order valence-electron chi connectivity index (χ1n) is 7.89. The number of ether oxygens (including phenoxy) is 1. The summed E-state index contributed by atoms with van der Waals surface area (Å²) in [6.07, 6.45) is 0.185. The van der Waals surface area contributed by atoms with Gasteiger partial charge in [-0.25, -0.2) is 4.79 Å². The number of benzene rings is 2. The zero-order valence-corrected chi connectivity index (χ0v) is 13.2. The molecule has 3 rings (SSSR count). The van der Waals surface area contributed by atoms with Gasteiger partial charge in [-0.1, -0.05) is 42.5 Å². The van der Waals surface area contributed by atoms with Gasteiger partial charge in [0, 0.05) is 6.54 Å². The van der Waals surface area contributed by atoms with Crippen LogP contribution in [0.2, 0.25) is 0 Å². The average molecular weight is 325 g/mol. The maximum atomic E-state index is 12.8. The Hall–Kier alpha value is -2.66. The van der Waals surface area contributed by atoms with Gasteiger partial charge in [-0.2, -0.15) is 0 Å². The van der Waals surface area contributed by atoms with E-state index in [0.717, 1.165) is 5.56 Å². The smallest absolute Gasteiger partial charge is 0.335 e. The molecule has 0 spiro atoms. The first-order chi connectivity index (χ1) is 11.6. The van der Waals surface area contributed by atoms with Crippen molar-refractivity contribution in [1.29, 1.82) is 0 Å². The van der Waals surface area contributed by atoms with Crippen LogP contribution in [0.5, 0.6) is 0 Å². The molecule has 1 unspecified atom stereocenters. The number of carboxylic acid groups (broad SMARTS) is 1. The third-order valence-corrected chi connectivity index (χ3v) is 4.16. The van der Waals surface area contributed by atoms with Gasteiger partial charge in [-0.05, 0) is 23.3 Å². The number of hydrogen-bond donors (Lipinski definition) is 1. The molecule has 5 heteroatoms. The van der Waals surface area contributed by atoms with E-state index in [1.165, 1.54) is 6.07 Å². The Balaban J connectivity index is 1.77. The van der Waals surface area contributed by atoms with Gasteiger partial charge < -0.3 is 14.7 Å². The minimum atomic E-state index is -0.988. The molecule has 1 N–H and O–H groups in total. The summed E-state index contributed by atoms with van der Waals surface area (Å²) in [7, 11) is 0. The normalized spacial score (nSPS) is 17.5. The summed E-state index contributed by atoms with van der Waals surface area (Å²) in [6.45, 7) is 1.53. The largest absolute Gasteiger partial charge is 0.478 e. The first-order valence-corrected chi connectivity index (χ1v) is 7.89. The monoisotopic (exact) mass is 325 g/mol. The molecule has 0 aromatic heterocycles. The average Bonchev–Trinajstić information content (AvgIpc) is 2.62. The number of carbonyl (C=O) groups excluding carboxylic acids is 1. The Kier molecular flexibility index (Phi) is 4.91. The van der Waals surface area contributed by atoms with Crippen LogP contribution in [0.1, 0.15) is 27.5 Å². The van der Waals surface area contributed by atoms with Crippen molar-refractivity contribution >= 4 is 11.9 Å². The van der Waals surface area contributed by atoms with E-state index in [1.54, 1.807) is 18.2 Å². The third kappa shape index (κ3) is 3.63. The molecule has 0 radical (unpaired) electrons. The van der Waals surface area contributed by atoms with E-state index >= 15 is 0 Å². The van der Waals surface area contributed by atoms with E-state index in [2.05, 4.69) is 0 Å². The molecule has 124 valence electrons. The standard InChI is InChI=1S/C19H19NO4/c21-18(12-14-5-4-8-16(11-14)19(22)23)20-9-10-24-13-17(20)15-6-2-1-3-7-15/h1-8,11,17H,9-10,12-13H2,(H,22,23). The lowest BCUT2D eigenvalue weighted by Crippen LogP contribution is -2.44. The molecule has 1 heterocycles. The van der Waals surface area contributed by atoms with Crippen molar-refractivity contribution in [3.8, 4) is 0 Å². The van der Waals surface area contributed by atoms with E-state index < -0.39 is 5.97 Å². The quantitative estimate of drug-likeness (QED) is 0.938. The molecule has 0 saturated carbocycles. The van der Waals surface area contributed by atoms with Crippen LogP contribution in [0.4, 0.5) is 0 Å². The zero-order valence-electron chi connectivity index (χ0n) is 13.2. The first kappa shape index (κ1) is 16.2. The lowest BCUT2D eigenvalue weighted by Gasteiger charge is -2.36. The van der Waals surface area contributed by atoms with Crippen molar-refractivity contribution in [1.82, 2.24) is 4.90 Å². The maximum absolute atomic E-state index is 12.8. The van der Waals surface area contributed by atoms with Crippen LogP contribution >= 0.6 is 0 Å². The Morgan fingerprint density at radius 3 is 2.67 bits per heavy atom. The van der Waals surface area contributed by atoms with E-state index in [4.69, 9.17) is 9.84 Å². The molecule has 1 aliphatic rings. The fourth-order valence-electron chi connectivity index (χ4n) is 2.94. The van der Waals surface area contributed by atoms with Crippen LogP contribution in [-0.4, -0.2) is 41.6 Å². The lowest BCUT2D eigenvalue weighted by molar-refractivity contribution is -0.139. The van der Waals surface area contributed by atoms with Crippen molar-refractivity contribution in [3.63, 3.8) is 0 Å². The number of carboxylic acids is 1.